The summed E-state index contributed by atoms with van der Waals surface area (Å²) in [5.74, 6) is 0. The van der Waals surface area contributed by atoms with E-state index in [1.165, 1.54) is 18.5 Å². The highest BCUT2D eigenvalue weighted by atomic mass is 16.5. The maximum absolute atomic E-state index is 5.77. The molecule has 0 amide bonds. The Morgan fingerprint density at radius 1 is 1.45 bits per heavy atom. The van der Waals surface area contributed by atoms with Crippen molar-refractivity contribution in [3.05, 3.63) is 24.0 Å². The van der Waals surface area contributed by atoms with Gasteiger partial charge in [-0.15, -0.1) is 0 Å². The molecule has 1 aromatic heterocycles. The summed E-state index contributed by atoms with van der Waals surface area (Å²) in [5.41, 5.74) is 2.40. The quantitative estimate of drug-likeness (QED) is 0.777. The minimum absolute atomic E-state index is 0.378. The molecule has 4 heteroatoms. The second-order valence-corrected chi connectivity index (χ2v) is 5.35. The second kappa shape index (κ2) is 8.22. The Morgan fingerprint density at radius 3 is 3.15 bits per heavy atom. The molecule has 1 atom stereocenters. The van der Waals surface area contributed by atoms with Crippen LogP contribution in [0.3, 0.4) is 0 Å². The third-order valence-electron chi connectivity index (χ3n) is 3.68. The lowest BCUT2D eigenvalue weighted by Crippen LogP contribution is -2.39. The molecule has 1 fully saturated rings. The van der Waals surface area contributed by atoms with Crippen LogP contribution in [0.2, 0.25) is 0 Å². The van der Waals surface area contributed by atoms with Crippen molar-refractivity contribution in [2.24, 2.45) is 0 Å². The smallest absolute Gasteiger partial charge is 0.0750 e. The van der Waals surface area contributed by atoms with Gasteiger partial charge < -0.3 is 15.0 Å². The Kier molecular flexibility index (Phi) is 6.27. The SMILES string of the molecule is CCCNCc1cc(N2CCCC(OCC)C2)ccn1. The van der Waals surface area contributed by atoms with Crippen LogP contribution in [0.5, 0.6) is 0 Å². The first-order valence-electron chi connectivity index (χ1n) is 7.85. The predicted octanol–water partition coefficient (Wildman–Crippen LogP) is 2.59. The Bertz CT molecular complexity index is 395. The van der Waals surface area contributed by atoms with Gasteiger partial charge in [-0.1, -0.05) is 6.92 Å². The molecule has 1 N–H and O–H groups in total. The average Bonchev–Trinajstić information content (AvgIpc) is 2.49. The van der Waals surface area contributed by atoms with Crippen molar-refractivity contribution in [2.45, 2.75) is 45.8 Å². The molecule has 0 radical (unpaired) electrons. The normalized spacial score (nSPS) is 19.3. The molecule has 0 spiro atoms. The van der Waals surface area contributed by atoms with Crippen LogP contribution in [0, 0.1) is 0 Å². The maximum atomic E-state index is 5.77. The van der Waals surface area contributed by atoms with Crippen molar-refractivity contribution < 1.29 is 4.74 Å². The van der Waals surface area contributed by atoms with Crippen molar-refractivity contribution in [3.8, 4) is 0 Å². The highest BCUT2D eigenvalue weighted by molar-refractivity contribution is 5.47. The molecule has 2 rings (SSSR count). The third kappa shape index (κ3) is 4.46. The van der Waals surface area contributed by atoms with Crippen LogP contribution in [0.25, 0.3) is 0 Å². The zero-order valence-corrected chi connectivity index (χ0v) is 12.8. The fourth-order valence-electron chi connectivity index (χ4n) is 2.70. The molecule has 4 nitrogen and oxygen atoms in total. The van der Waals surface area contributed by atoms with E-state index in [2.05, 4.69) is 41.2 Å². The topological polar surface area (TPSA) is 37.4 Å². The molecule has 20 heavy (non-hydrogen) atoms. The molecule has 1 aliphatic heterocycles. The van der Waals surface area contributed by atoms with E-state index in [9.17, 15) is 0 Å². The summed E-state index contributed by atoms with van der Waals surface area (Å²) in [6.07, 6.45) is 5.84. The highest BCUT2D eigenvalue weighted by Gasteiger charge is 2.20. The van der Waals surface area contributed by atoms with E-state index in [1.54, 1.807) is 0 Å². The number of ether oxygens (including phenoxy) is 1. The van der Waals surface area contributed by atoms with Crippen LogP contribution < -0.4 is 10.2 Å². The number of hydrogen-bond donors (Lipinski definition) is 1. The van der Waals surface area contributed by atoms with E-state index in [0.717, 1.165) is 44.9 Å². The summed E-state index contributed by atoms with van der Waals surface area (Å²) in [6.45, 7) is 9.07. The van der Waals surface area contributed by atoms with E-state index < -0.39 is 0 Å². The fourth-order valence-corrected chi connectivity index (χ4v) is 2.70. The molecule has 1 aliphatic rings. The van der Waals surface area contributed by atoms with Gasteiger partial charge in [0.05, 0.1) is 11.8 Å². The summed E-state index contributed by atoms with van der Waals surface area (Å²) in [4.78, 5) is 6.87. The van der Waals surface area contributed by atoms with Crippen LogP contribution in [-0.4, -0.2) is 37.3 Å². The fraction of sp³-hybridized carbons (Fsp3) is 0.688. The Labute approximate surface area is 122 Å². The lowest BCUT2D eigenvalue weighted by atomic mass is 10.1. The molecule has 0 bridgehead atoms. The zero-order chi connectivity index (χ0) is 14.2. The first-order valence-corrected chi connectivity index (χ1v) is 7.85. The summed E-state index contributed by atoms with van der Waals surface area (Å²) >= 11 is 0. The van der Waals surface area contributed by atoms with E-state index in [0.29, 0.717) is 6.10 Å². The maximum Gasteiger partial charge on any atom is 0.0750 e. The zero-order valence-electron chi connectivity index (χ0n) is 12.8. The summed E-state index contributed by atoms with van der Waals surface area (Å²) in [7, 11) is 0. The number of pyridine rings is 1. The monoisotopic (exact) mass is 277 g/mol. The molecule has 0 saturated carbocycles. The number of anilines is 1. The minimum Gasteiger partial charge on any atom is -0.377 e. The summed E-state index contributed by atoms with van der Waals surface area (Å²) in [5, 5.41) is 3.40. The number of hydrogen-bond acceptors (Lipinski definition) is 4. The lowest BCUT2D eigenvalue weighted by Gasteiger charge is -2.34. The van der Waals surface area contributed by atoms with Crippen molar-refractivity contribution in [3.63, 3.8) is 0 Å². The average molecular weight is 277 g/mol. The number of rotatable bonds is 7. The van der Waals surface area contributed by atoms with Crippen molar-refractivity contribution in [1.82, 2.24) is 10.3 Å². The van der Waals surface area contributed by atoms with Crippen LogP contribution in [0.4, 0.5) is 5.69 Å². The van der Waals surface area contributed by atoms with Gasteiger partial charge in [-0.2, -0.15) is 0 Å². The Morgan fingerprint density at radius 2 is 2.35 bits per heavy atom. The molecule has 1 unspecified atom stereocenters. The van der Waals surface area contributed by atoms with Crippen molar-refractivity contribution in [1.29, 1.82) is 0 Å². The van der Waals surface area contributed by atoms with Gasteiger partial charge >= 0.3 is 0 Å². The van der Waals surface area contributed by atoms with Crippen LogP contribution in [0.15, 0.2) is 18.3 Å². The van der Waals surface area contributed by atoms with Gasteiger partial charge in [-0.25, -0.2) is 0 Å². The van der Waals surface area contributed by atoms with Gasteiger partial charge in [-0.05, 0) is 44.9 Å². The van der Waals surface area contributed by atoms with Gasteiger partial charge in [-0.3, -0.25) is 4.98 Å². The molecule has 0 aliphatic carbocycles. The van der Waals surface area contributed by atoms with E-state index >= 15 is 0 Å². The van der Waals surface area contributed by atoms with Crippen molar-refractivity contribution in [2.75, 3.05) is 31.1 Å². The summed E-state index contributed by atoms with van der Waals surface area (Å²) in [6, 6.07) is 4.31. The van der Waals surface area contributed by atoms with Crippen LogP contribution in [0.1, 0.15) is 38.8 Å². The molecular weight excluding hydrogens is 250 g/mol. The largest absolute Gasteiger partial charge is 0.377 e. The van der Waals surface area contributed by atoms with Crippen LogP contribution in [-0.2, 0) is 11.3 Å². The van der Waals surface area contributed by atoms with Gasteiger partial charge in [0.2, 0.25) is 0 Å². The third-order valence-corrected chi connectivity index (χ3v) is 3.68. The number of nitrogens with zero attached hydrogens (tertiary/aromatic N) is 2. The molecule has 1 aromatic rings. The summed E-state index contributed by atoms with van der Waals surface area (Å²) < 4.78 is 5.77. The van der Waals surface area contributed by atoms with Crippen LogP contribution >= 0.6 is 0 Å². The highest BCUT2D eigenvalue weighted by Crippen LogP contribution is 2.21. The molecule has 0 aromatic carbocycles. The Hall–Kier alpha value is -1.13. The van der Waals surface area contributed by atoms with Crippen molar-refractivity contribution >= 4 is 5.69 Å². The van der Waals surface area contributed by atoms with E-state index in [-0.39, 0.29) is 0 Å². The van der Waals surface area contributed by atoms with Gasteiger partial charge in [0.25, 0.3) is 0 Å². The lowest BCUT2D eigenvalue weighted by molar-refractivity contribution is 0.0526. The first-order chi connectivity index (χ1) is 9.83. The molecule has 1 saturated heterocycles. The molecule has 112 valence electrons. The van der Waals surface area contributed by atoms with E-state index in [4.69, 9.17) is 4.74 Å². The number of aromatic nitrogens is 1. The Balaban J connectivity index is 1.95. The predicted molar refractivity (Wildman–Crippen MR) is 83.1 cm³/mol. The minimum atomic E-state index is 0.378. The van der Waals surface area contributed by atoms with Gasteiger partial charge in [0, 0.05) is 38.1 Å². The van der Waals surface area contributed by atoms with E-state index in [1.807, 2.05) is 6.20 Å². The number of piperidine rings is 1. The number of nitrogens with one attached hydrogen (secondary N) is 1. The standard InChI is InChI=1S/C16H27N3O/c1-3-8-17-12-14-11-15(7-9-18-14)19-10-5-6-16(13-19)20-4-2/h7,9,11,16-17H,3-6,8,10,12-13H2,1-2H3. The van der Waals surface area contributed by atoms with Gasteiger partial charge in [0.1, 0.15) is 0 Å². The second-order valence-electron chi connectivity index (χ2n) is 5.35. The molecule has 2 heterocycles. The first kappa shape index (κ1) is 15.3. The molecular formula is C16H27N3O. The van der Waals surface area contributed by atoms with Gasteiger partial charge in [0.15, 0.2) is 0 Å².